The number of primary amides is 1. The molecule has 0 bridgehead atoms. The number of nitrogens with two attached hydrogens (primary N) is 1. The van der Waals surface area contributed by atoms with E-state index in [4.69, 9.17) is 5.73 Å². The Kier molecular flexibility index (Phi) is 7.10. The number of aromatic nitrogens is 3. The zero-order valence-electron chi connectivity index (χ0n) is 22.7. The number of hydrogen-bond acceptors (Lipinski definition) is 6. The Morgan fingerprint density at radius 3 is 2.56 bits per heavy atom. The summed E-state index contributed by atoms with van der Waals surface area (Å²) < 4.78 is 18.3. The standard InChI is InChI=1S/C31H29FN6O2S/c1-18-25(17-36-37(18)2)21-9-10-23(26(32)14-21)31(40)38(22-4-3-12-34-16-22)30-24-15-28(41-27(24)11-13-35-30)19-5-7-20(8-6-19)29(33)39/h5-11,13-15,17,22,34H,3-4,12,16H2,1-2H3,(H2,33,39). The molecule has 8 nitrogen and oxygen atoms in total. The van der Waals surface area contributed by atoms with Gasteiger partial charge in [-0.05, 0) is 73.8 Å². The van der Waals surface area contributed by atoms with Gasteiger partial charge in [0.1, 0.15) is 11.6 Å². The summed E-state index contributed by atoms with van der Waals surface area (Å²) in [7, 11) is 1.84. The predicted octanol–water partition coefficient (Wildman–Crippen LogP) is 5.31. The van der Waals surface area contributed by atoms with Gasteiger partial charge in [-0.15, -0.1) is 11.3 Å². The van der Waals surface area contributed by atoms with Gasteiger partial charge in [0.05, 0.1) is 17.8 Å². The molecule has 1 saturated heterocycles. The number of thiophene rings is 1. The lowest BCUT2D eigenvalue weighted by Gasteiger charge is -2.34. The van der Waals surface area contributed by atoms with E-state index in [0.29, 0.717) is 23.5 Å². The van der Waals surface area contributed by atoms with Crippen LogP contribution in [0.4, 0.5) is 10.2 Å². The Morgan fingerprint density at radius 2 is 1.90 bits per heavy atom. The third-order valence-electron chi connectivity index (χ3n) is 7.71. The second-order valence-electron chi connectivity index (χ2n) is 10.2. The topological polar surface area (TPSA) is 106 Å². The summed E-state index contributed by atoms with van der Waals surface area (Å²) in [4.78, 5) is 33.0. The molecule has 1 unspecified atom stereocenters. The van der Waals surface area contributed by atoms with Gasteiger partial charge in [-0.2, -0.15) is 5.10 Å². The Labute approximate surface area is 240 Å². The molecule has 1 aliphatic rings. The van der Waals surface area contributed by atoms with Crippen molar-refractivity contribution < 1.29 is 14.0 Å². The number of amides is 2. The summed E-state index contributed by atoms with van der Waals surface area (Å²) in [5.74, 6) is -0.990. The van der Waals surface area contributed by atoms with Crippen molar-refractivity contribution in [2.75, 3.05) is 18.0 Å². The fourth-order valence-corrected chi connectivity index (χ4v) is 6.40. The second-order valence-corrected chi connectivity index (χ2v) is 11.3. The molecule has 1 atom stereocenters. The van der Waals surface area contributed by atoms with Crippen molar-refractivity contribution in [3.05, 3.63) is 89.6 Å². The van der Waals surface area contributed by atoms with Gasteiger partial charge in [0.2, 0.25) is 5.91 Å². The number of hydrogen-bond donors (Lipinski definition) is 2. The molecule has 208 valence electrons. The first-order valence-electron chi connectivity index (χ1n) is 13.4. The van der Waals surface area contributed by atoms with Crippen LogP contribution in [0.25, 0.3) is 31.7 Å². The molecule has 2 amide bonds. The number of nitrogens with one attached hydrogen (secondary N) is 1. The van der Waals surface area contributed by atoms with Gasteiger partial charge in [0.25, 0.3) is 5.91 Å². The molecular formula is C31H29FN6O2S. The smallest absolute Gasteiger partial charge is 0.262 e. The average molecular weight is 569 g/mol. The van der Waals surface area contributed by atoms with Crippen molar-refractivity contribution in [1.29, 1.82) is 0 Å². The van der Waals surface area contributed by atoms with Gasteiger partial charge in [-0.25, -0.2) is 9.37 Å². The number of fused-ring (bicyclic) bond motifs is 1. The van der Waals surface area contributed by atoms with Crippen molar-refractivity contribution >= 4 is 39.1 Å². The lowest BCUT2D eigenvalue weighted by Crippen LogP contribution is -2.49. The summed E-state index contributed by atoms with van der Waals surface area (Å²) in [5.41, 5.74) is 9.15. The highest BCUT2D eigenvalue weighted by Gasteiger charge is 2.32. The maximum absolute atomic E-state index is 15.7. The van der Waals surface area contributed by atoms with E-state index in [9.17, 15) is 9.59 Å². The number of carbonyl (C=O) groups is 2. The lowest BCUT2D eigenvalue weighted by molar-refractivity contribution is 0.0966. The fraction of sp³-hybridized carbons (Fsp3) is 0.226. The summed E-state index contributed by atoms with van der Waals surface area (Å²) in [6.07, 6.45) is 5.06. The molecule has 0 spiro atoms. The minimum absolute atomic E-state index is 0.00263. The number of piperidine rings is 1. The van der Waals surface area contributed by atoms with Crippen molar-refractivity contribution in [2.45, 2.75) is 25.8 Å². The number of anilines is 1. The molecule has 10 heteroatoms. The lowest BCUT2D eigenvalue weighted by atomic mass is 10.0. The van der Waals surface area contributed by atoms with E-state index < -0.39 is 17.6 Å². The number of aryl methyl sites for hydroxylation is 1. The van der Waals surface area contributed by atoms with Gasteiger partial charge in [-0.3, -0.25) is 19.2 Å². The highest BCUT2D eigenvalue weighted by molar-refractivity contribution is 7.22. The molecule has 2 aromatic carbocycles. The molecule has 5 aromatic rings. The van der Waals surface area contributed by atoms with Crippen LogP contribution in [0.2, 0.25) is 0 Å². The van der Waals surface area contributed by atoms with Crippen LogP contribution in [0, 0.1) is 12.7 Å². The SMILES string of the molecule is Cc1c(-c2ccc(C(=O)N(c3nccc4sc(-c5ccc(C(N)=O)cc5)cc34)C3CCCNC3)c(F)c2)cnn1C. The number of pyridine rings is 1. The maximum atomic E-state index is 15.7. The zero-order chi connectivity index (χ0) is 28.7. The van der Waals surface area contributed by atoms with Crippen LogP contribution in [-0.2, 0) is 7.05 Å². The molecule has 6 rings (SSSR count). The van der Waals surface area contributed by atoms with E-state index in [0.717, 1.165) is 51.2 Å². The van der Waals surface area contributed by atoms with Crippen LogP contribution in [0.15, 0.2) is 67.0 Å². The van der Waals surface area contributed by atoms with Gasteiger partial charge in [0, 0.05) is 51.6 Å². The van der Waals surface area contributed by atoms with Gasteiger partial charge < -0.3 is 11.1 Å². The fourth-order valence-electron chi connectivity index (χ4n) is 5.34. The molecule has 0 radical (unpaired) electrons. The first-order valence-corrected chi connectivity index (χ1v) is 14.2. The van der Waals surface area contributed by atoms with Crippen LogP contribution >= 0.6 is 11.3 Å². The second kappa shape index (κ2) is 10.9. The molecule has 41 heavy (non-hydrogen) atoms. The molecule has 3 aromatic heterocycles. The Morgan fingerprint density at radius 1 is 1.12 bits per heavy atom. The number of halogens is 1. The summed E-state index contributed by atoms with van der Waals surface area (Å²) in [6.45, 7) is 3.38. The molecule has 0 saturated carbocycles. The quantitative estimate of drug-likeness (QED) is 0.289. The summed E-state index contributed by atoms with van der Waals surface area (Å²) in [6, 6.07) is 15.6. The Hall–Kier alpha value is -4.41. The normalized spacial score (nSPS) is 15.2. The highest BCUT2D eigenvalue weighted by Crippen LogP contribution is 2.39. The van der Waals surface area contributed by atoms with E-state index in [1.807, 2.05) is 38.2 Å². The van der Waals surface area contributed by atoms with E-state index in [1.54, 1.807) is 57.6 Å². The van der Waals surface area contributed by atoms with Gasteiger partial charge in [-0.1, -0.05) is 18.2 Å². The van der Waals surface area contributed by atoms with Crippen LogP contribution < -0.4 is 16.0 Å². The van der Waals surface area contributed by atoms with Crippen molar-refractivity contribution in [2.24, 2.45) is 12.8 Å². The monoisotopic (exact) mass is 568 g/mol. The Balaban J connectivity index is 1.41. The minimum atomic E-state index is -0.586. The van der Waals surface area contributed by atoms with Crippen LogP contribution in [-0.4, -0.2) is 45.7 Å². The van der Waals surface area contributed by atoms with Crippen molar-refractivity contribution in [1.82, 2.24) is 20.1 Å². The molecule has 1 aliphatic heterocycles. The van der Waals surface area contributed by atoms with Crippen molar-refractivity contribution in [3.63, 3.8) is 0 Å². The van der Waals surface area contributed by atoms with Crippen LogP contribution in [0.1, 0.15) is 39.3 Å². The molecule has 0 aliphatic carbocycles. The summed E-state index contributed by atoms with van der Waals surface area (Å²) >= 11 is 1.56. The van der Waals surface area contributed by atoms with E-state index in [2.05, 4.69) is 15.4 Å². The summed E-state index contributed by atoms with van der Waals surface area (Å²) in [5, 5.41) is 8.45. The number of rotatable bonds is 6. The Bertz CT molecular complexity index is 1770. The molecular weight excluding hydrogens is 539 g/mol. The van der Waals surface area contributed by atoms with Crippen molar-refractivity contribution in [3.8, 4) is 21.6 Å². The predicted molar refractivity (Wildman–Crippen MR) is 160 cm³/mol. The van der Waals surface area contributed by atoms with E-state index in [-0.39, 0.29) is 11.6 Å². The van der Waals surface area contributed by atoms with Crippen LogP contribution in [0.3, 0.4) is 0 Å². The first kappa shape index (κ1) is 26.8. The number of carbonyl (C=O) groups excluding carboxylic acids is 2. The van der Waals surface area contributed by atoms with Gasteiger partial charge in [0.15, 0.2) is 0 Å². The maximum Gasteiger partial charge on any atom is 0.262 e. The average Bonchev–Trinajstić information content (AvgIpc) is 3.57. The molecule has 1 fully saturated rings. The minimum Gasteiger partial charge on any atom is -0.366 e. The van der Waals surface area contributed by atoms with E-state index in [1.165, 1.54) is 6.07 Å². The molecule has 4 heterocycles. The van der Waals surface area contributed by atoms with E-state index >= 15 is 4.39 Å². The first-order chi connectivity index (χ1) is 19.8. The third-order valence-corrected chi connectivity index (χ3v) is 8.86. The number of nitrogens with zero attached hydrogens (tertiary/aromatic N) is 4. The molecule has 3 N–H and O–H groups in total. The third kappa shape index (κ3) is 5.00. The largest absolute Gasteiger partial charge is 0.366 e. The number of benzene rings is 2. The van der Waals surface area contributed by atoms with Gasteiger partial charge >= 0.3 is 0 Å². The van der Waals surface area contributed by atoms with Crippen LogP contribution in [0.5, 0.6) is 0 Å². The zero-order valence-corrected chi connectivity index (χ0v) is 23.5. The highest BCUT2D eigenvalue weighted by atomic mass is 32.1.